The zero-order valence-corrected chi connectivity index (χ0v) is 32.4. The molecule has 3 aliphatic heterocycles. The van der Waals surface area contributed by atoms with Crippen LogP contribution in [0.3, 0.4) is 0 Å². The lowest BCUT2D eigenvalue weighted by Crippen LogP contribution is -2.51. The van der Waals surface area contributed by atoms with Crippen molar-refractivity contribution in [2.24, 2.45) is 10.9 Å². The highest BCUT2D eigenvalue weighted by Gasteiger charge is 2.60. The molecule has 5 rings (SSSR count). The highest BCUT2D eigenvalue weighted by Crippen LogP contribution is 2.56. The molecule has 3 aliphatic rings. The zero-order chi connectivity index (χ0) is 38.1. The van der Waals surface area contributed by atoms with E-state index in [1.54, 1.807) is 13.1 Å². The molecule has 0 amide bonds. The first kappa shape index (κ1) is 40.5. The number of ether oxygens (including phenoxy) is 4. The van der Waals surface area contributed by atoms with Crippen LogP contribution in [-0.4, -0.2) is 119 Å². The van der Waals surface area contributed by atoms with E-state index in [0.717, 1.165) is 17.7 Å². The number of H-pyrrole nitrogens is 2. The molecule has 0 aliphatic carbocycles. The second-order valence-corrected chi connectivity index (χ2v) is 16.7. The predicted octanol–water partition coefficient (Wildman–Crippen LogP) is 1.60. The number of methoxy groups -OCH3 is 2. The normalized spacial score (nSPS) is 35.2. The van der Waals surface area contributed by atoms with Crippen molar-refractivity contribution in [1.82, 2.24) is 23.8 Å². The van der Waals surface area contributed by atoms with Crippen molar-refractivity contribution in [2.45, 2.75) is 95.3 Å². The molecule has 11 atom stereocenters. The van der Waals surface area contributed by atoms with Crippen molar-refractivity contribution < 1.29 is 41.6 Å². The average Bonchev–Trinajstić information content (AvgIpc) is 3.57. The maximum Gasteiger partial charge on any atom is 0.475 e. The van der Waals surface area contributed by atoms with Gasteiger partial charge < -0.3 is 23.5 Å². The van der Waals surface area contributed by atoms with Gasteiger partial charge in [-0.2, -0.15) is 0 Å². The second kappa shape index (κ2) is 16.4. The van der Waals surface area contributed by atoms with Crippen LogP contribution in [0.2, 0.25) is 0 Å². The molecule has 0 bridgehead atoms. The maximum absolute atomic E-state index is 14.4. The van der Waals surface area contributed by atoms with E-state index in [-0.39, 0.29) is 18.6 Å². The quantitative estimate of drug-likeness (QED) is 0.328. The first-order valence-corrected chi connectivity index (χ1v) is 19.9. The number of nitrogens with zero attached hydrogens (tertiary/aromatic N) is 4. The van der Waals surface area contributed by atoms with Crippen LogP contribution in [0.5, 0.6) is 0 Å². The number of aliphatic imine (C=N–C) groups is 1. The summed E-state index contributed by atoms with van der Waals surface area (Å²) < 4.78 is 68.1. The van der Waals surface area contributed by atoms with E-state index in [4.69, 9.17) is 42.0 Å². The molecule has 2 saturated heterocycles. The van der Waals surface area contributed by atoms with Crippen LogP contribution in [0.15, 0.2) is 48.7 Å². The lowest BCUT2D eigenvalue weighted by Gasteiger charge is -2.40. The number of nitrogens with one attached hydrogen (secondary N) is 2. The summed E-state index contributed by atoms with van der Waals surface area (Å²) in [5.74, 6) is -0.552. The monoisotopic (exact) mass is 774 g/mol. The van der Waals surface area contributed by atoms with E-state index in [1.165, 1.54) is 37.2 Å². The smallest absolute Gasteiger partial charge is 0.374 e. The Morgan fingerprint density at radius 1 is 0.942 bits per heavy atom. The standard InChI is InChI=1S/C31H48N6O13P2/c1-17(2)37(18(3)4)51(9)49-26-25(44-7)28(36-13-11-21(39)34-30(36)41)48-31(26)15-32-14-19(5)22-23(50-52(42,45-8)46-16-31)24(43-6)27(47-22)35-12-10-20(38)33-29(35)40/h10-14,17-19,22-28H,15-16H2,1-9H3,(H,33,38,40)(H,34,39,41)/b32-14+/t19-,22+,23+,24+,25+,26-,27+,28+,31+,51?,52?/m0/s1. The Hall–Kier alpha value is -2.67. The van der Waals surface area contributed by atoms with Crippen LogP contribution in [0.25, 0.3) is 0 Å². The number of phosphoric acid groups is 1. The van der Waals surface area contributed by atoms with Gasteiger partial charge in [0.25, 0.3) is 11.1 Å². The third kappa shape index (κ3) is 8.05. The van der Waals surface area contributed by atoms with Crippen LogP contribution in [0.1, 0.15) is 47.1 Å². The van der Waals surface area contributed by atoms with Crippen molar-refractivity contribution in [3.8, 4) is 0 Å². The van der Waals surface area contributed by atoms with Gasteiger partial charge in [0.15, 0.2) is 12.5 Å². The molecule has 2 aromatic rings. The largest absolute Gasteiger partial charge is 0.475 e. The summed E-state index contributed by atoms with van der Waals surface area (Å²) >= 11 is 0. The second-order valence-electron chi connectivity index (χ2n) is 13.4. The van der Waals surface area contributed by atoms with Crippen LogP contribution in [0.4, 0.5) is 0 Å². The molecule has 2 unspecified atom stereocenters. The minimum absolute atomic E-state index is 0.0988. The topological polar surface area (TPSA) is 216 Å². The number of hydrogen-bond donors (Lipinski definition) is 2. The van der Waals surface area contributed by atoms with Crippen molar-refractivity contribution in [3.63, 3.8) is 0 Å². The molecule has 2 fully saturated rings. The first-order chi connectivity index (χ1) is 24.6. The minimum Gasteiger partial charge on any atom is -0.374 e. The summed E-state index contributed by atoms with van der Waals surface area (Å²) in [6.07, 6.45) is -3.03. The molecule has 52 heavy (non-hydrogen) atoms. The Morgan fingerprint density at radius 2 is 1.52 bits per heavy atom. The lowest BCUT2D eigenvalue weighted by molar-refractivity contribution is -0.120. The van der Waals surface area contributed by atoms with Gasteiger partial charge in [0.05, 0.1) is 19.3 Å². The van der Waals surface area contributed by atoms with Crippen LogP contribution >= 0.6 is 16.1 Å². The summed E-state index contributed by atoms with van der Waals surface area (Å²) in [6.45, 7) is 11.3. The molecule has 0 saturated carbocycles. The van der Waals surface area contributed by atoms with Crippen LogP contribution in [0, 0.1) is 5.92 Å². The molecule has 1 spiro atoms. The number of phosphoric ester groups is 1. The summed E-state index contributed by atoms with van der Waals surface area (Å²) in [6, 6.07) is 2.55. The third-order valence-electron chi connectivity index (χ3n) is 9.28. The lowest BCUT2D eigenvalue weighted by atomic mass is 9.95. The Bertz CT molecular complexity index is 1860. The van der Waals surface area contributed by atoms with Crippen LogP contribution < -0.4 is 22.5 Å². The molecule has 0 radical (unpaired) electrons. The van der Waals surface area contributed by atoms with E-state index in [9.17, 15) is 23.7 Å². The van der Waals surface area contributed by atoms with Gasteiger partial charge in [-0.1, -0.05) is 6.92 Å². The molecule has 2 N–H and O–H groups in total. The maximum atomic E-state index is 14.4. The highest BCUT2D eigenvalue weighted by molar-refractivity contribution is 7.49. The van der Waals surface area contributed by atoms with E-state index in [0.29, 0.717) is 0 Å². The van der Waals surface area contributed by atoms with E-state index < -0.39 is 99.7 Å². The van der Waals surface area contributed by atoms with E-state index in [1.807, 2.05) is 6.66 Å². The van der Waals surface area contributed by atoms with Gasteiger partial charge in [-0.05, 0) is 34.4 Å². The number of hydrogen-bond acceptors (Lipinski definition) is 15. The Kier molecular flexibility index (Phi) is 12.8. The van der Waals surface area contributed by atoms with Crippen molar-refractivity contribution in [2.75, 3.05) is 41.1 Å². The molecule has 2 aromatic heterocycles. The van der Waals surface area contributed by atoms with Gasteiger partial charge in [0.2, 0.25) is 0 Å². The number of rotatable bonds is 10. The SMILES string of the molecule is CO[C@@H]1[C@@H]2OP(=O)(OC)OC[C@@]3(C/N=C/[C@H](C)[C@H]2O[C@H]1n1ccc(=O)[nH]c1=O)O[C@@H](n1ccc(=O)[nH]c1=O)[C@H](OC)[C@@H]3OP(C)N(C(C)C)C(C)C. The summed E-state index contributed by atoms with van der Waals surface area (Å²) in [5, 5.41) is 0. The fourth-order valence-corrected chi connectivity index (χ4v) is 10.3. The van der Waals surface area contributed by atoms with Crippen LogP contribution in [-0.2, 0) is 41.6 Å². The number of fused-ring (bicyclic) bond motifs is 1. The van der Waals surface area contributed by atoms with Crippen molar-refractivity contribution in [3.05, 3.63) is 66.2 Å². The van der Waals surface area contributed by atoms with Gasteiger partial charge in [-0.25, -0.2) is 14.2 Å². The van der Waals surface area contributed by atoms with E-state index in [2.05, 4.69) is 42.3 Å². The molecule has 19 nitrogen and oxygen atoms in total. The molecule has 290 valence electrons. The third-order valence-corrected chi connectivity index (χ3v) is 12.8. The molecule has 21 heteroatoms. The summed E-state index contributed by atoms with van der Waals surface area (Å²) in [5.41, 5.74) is -4.23. The Morgan fingerprint density at radius 3 is 2.04 bits per heavy atom. The number of aromatic nitrogens is 4. The fourth-order valence-electron chi connectivity index (χ4n) is 7.05. The predicted molar refractivity (Wildman–Crippen MR) is 189 cm³/mol. The molecule has 0 aromatic carbocycles. The molecular weight excluding hydrogens is 726 g/mol. The summed E-state index contributed by atoms with van der Waals surface area (Å²) in [4.78, 5) is 58.8. The van der Waals surface area contributed by atoms with Gasteiger partial charge >= 0.3 is 19.2 Å². The Balaban J connectivity index is 1.59. The first-order valence-electron chi connectivity index (χ1n) is 16.8. The Labute approximate surface area is 301 Å². The van der Waals surface area contributed by atoms with Gasteiger partial charge in [-0.15, -0.1) is 0 Å². The minimum atomic E-state index is -4.50. The highest BCUT2D eigenvalue weighted by atomic mass is 31.2. The van der Waals surface area contributed by atoms with Gasteiger partial charge in [-0.3, -0.25) is 51.9 Å². The fraction of sp³-hybridized carbons (Fsp3) is 0.710. The summed E-state index contributed by atoms with van der Waals surface area (Å²) in [7, 11) is -1.86. The molecule has 5 heterocycles. The van der Waals surface area contributed by atoms with Gasteiger partial charge in [0, 0.05) is 70.1 Å². The van der Waals surface area contributed by atoms with Gasteiger partial charge in [0.1, 0.15) is 38.3 Å². The zero-order valence-electron chi connectivity index (χ0n) is 30.6. The molecular formula is C31H48N6O13P2. The van der Waals surface area contributed by atoms with Crippen molar-refractivity contribution >= 4 is 22.3 Å². The average molecular weight is 775 g/mol. The van der Waals surface area contributed by atoms with E-state index >= 15 is 0 Å². The number of aromatic amines is 2. The van der Waals surface area contributed by atoms with Crippen molar-refractivity contribution in [1.29, 1.82) is 0 Å².